The summed E-state index contributed by atoms with van der Waals surface area (Å²) in [5.74, 6) is -0.746. The predicted molar refractivity (Wildman–Crippen MR) is 79.7 cm³/mol. The summed E-state index contributed by atoms with van der Waals surface area (Å²) in [6.07, 6.45) is 9.00. The molecular weight excluding hydrogens is 268 g/mol. The lowest BCUT2D eigenvalue weighted by molar-refractivity contribution is -0.179. The zero-order chi connectivity index (χ0) is 15.3. The van der Waals surface area contributed by atoms with Crippen LogP contribution in [0.5, 0.6) is 0 Å². The van der Waals surface area contributed by atoms with Gasteiger partial charge in [-0.1, -0.05) is 13.8 Å². The van der Waals surface area contributed by atoms with E-state index in [0.29, 0.717) is 12.8 Å². The van der Waals surface area contributed by atoms with Crippen LogP contribution in [0.15, 0.2) is 0 Å². The Morgan fingerprint density at radius 1 is 0.810 bits per heavy atom. The lowest BCUT2D eigenvalue weighted by Gasteiger charge is -2.29. The van der Waals surface area contributed by atoms with Gasteiger partial charge in [-0.2, -0.15) is 0 Å². The van der Waals surface area contributed by atoms with Gasteiger partial charge < -0.3 is 9.47 Å². The lowest BCUT2D eigenvalue weighted by Crippen LogP contribution is -2.43. The Morgan fingerprint density at radius 2 is 1.14 bits per heavy atom. The van der Waals surface area contributed by atoms with E-state index in [1.54, 1.807) is 0 Å². The summed E-state index contributed by atoms with van der Waals surface area (Å²) in [4.78, 5) is 25.2. The van der Waals surface area contributed by atoms with Gasteiger partial charge in [-0.25, -0.2) is 0 Å². The van der Waals surface area contributed by atoms with E-state index < -0.39 is 5.41 Å². The van der Waals surface area contributed by atoms with Crippen molar-refractivity contribution in [3.63, 3.8) is 0 Å². The SMILES string of the molecule is CCC(CC)(C(=O)OC1CCCC1)C(=O)OC1CCCC1. The Bertz CT molecular complexity index is 329. The molecule has 0 aromatic carbocycles. The summed E-state index contributed by atoms with van der Waals surface area (Å²) in [7, 11) is 0. The number of esters is 2. The Labute approximate surface area is 127 Å². The van der Waals surface area contributed by atoms with Crippen LogP contribution < -0.4 is 0 Å². The maximum atomic E-state index is 12.6. The summed E-state index contributed by atoms with van der Waals surface area (Å²) in [6.45, 7) is 3.74. The molecule has 0 saturated heterocycles. The van der Waals surface area contributed by atoms with Crippen molar-refractivity contribution in [3.05, 3.63) is 0 Å². The van der Waals surface area contributed by atoms with Crippen molar-refractivity contribution in [2.45, 2.75) is 90.3 Å². The molecule has 0 unspecified atom stereocenters. The second-order valence-electron chi connectivity index (χ2n) is 6.41. The first-order chi connectivity index (χ1) is 10.1. The molecule has 2 aliphatic carbocycles. The van der Waals surface area contributed by atoms with E-state index in [1.165, 1.54) is 0 Å². The van der Waals surface area contributed by atoms with Crippen molar-refractivity contribution in [2.75, 3.05) is 0 Å². The van der Waals surface area contributed by atoms with Crippen LogP contribution in [0.4, 0.5) is 0 Å². The molecule has 0 aromatic rings. The minimum Gasteiger partial charge on any atom is -0.462 e. The van der Waals surface area contributed by atoms with Gasteiger partial charge in [0.2, 0.25) is 0 Å². The normalized spacial score (nSPS) is 20.7. The molecule has 120 valence electrons. The standard InChI is InChI=1S/C17H28O4/c1-3-17(4-2,15(18)20-13-9-5-6-10-13)16(19)21-14-11-7-8-12-14/h13-14H,3-12H2,1-2H3. The lowest BCUT2D eigenvalue weighted by atomic mass is 9.82. The molecule has 0 atom stereocenters. The van der Waals surface area contributed by atoms with E-state index in [0.717, 1.165) is 51.4 Å². The van der Waals surface area contributed by atoms with Crippen molar-refractivity contribution in [3.8, 4) is 0 Å². The maximum absolute atomic E-state index is 12.6. The first-order valence-corrected chi connectivity index (χ1v) is 8.54. The summed E-state index contributed by atoms with van der Waals surface area (Å²) in [6, 6.07) is 0. The minimum absolute atomic E-state index is 0.00532. The van der Waals surface area contributed by atoms with E-state index in [1.807, 2.05) is 13.8 Å². The Hall–Kier alpha value is -1.06. The molecule has 0 aliphatic heterocycles. The molecule has 2 fully saturated rings. The number of hydrogen-bond acceptors (Lipinski definition) is 4. The molecule has 2 saturated carbocycles. The van der Waals surface area contributed by atoms with Gasteiger partial charge in [0.1, 0.15) is 12.2 Å². The molecule has 0 bridgehead atoms. The molecule has 0 spiro atoms. The van der Waals surface area contributed by atoms with E-state index >= 15 is 0 Å². The fraction of sp³-hybridized carbons (Fsp3) is 0.882. The Morgan fingerprint density at radius 3 is 1.43 bits per heavy atom. The molecule has 2 aliphatic rings. The molecule has 4 heteroatoms. The molecule has 4 nitrogen and oxygen atoms in total. The van der Waals surface area contributed by atoms with Crippen LogP contribution in [0.3, 0.4) is 0 Å². The highest BCUT2D eigenvalue weighted by molar-refractivity contribution is 6.00. The third-order valence-corrected chi connectivity index (χ3v) is 5.14. The Kier molecular flexibility index (Phi) is 5.65. The van der Waals surface area contributed by atoms with Crippen molar-refractivity contribution >= 4 is 11.9 Å². The fourth-order valence-electron chi connectivity index (χ4n) is 3.45. The molecular formula is C17H28O4. The summed E-state index contributed by atoms with van der Waals surface area (Å²) in [5, 5.41) is 0. The predicted octanol–water partition coefficient (Wildman–Crippen LogP) is 3.76. The van der Waals surface area contributed by atoms with Crippen LogP contribution in [-0.2, 0) is 19.1 Å². The summed E-state index contributed by atoms with van der Waals surface area (Å²) >= 11 is 0. The van der Waals surface area contributed by atoms with E-state index in [4.69, 9.17) is 9.47 Å². The average molecular weight is 296 g/mol. The first kappa shape index (κ1) is 16.3. The molecule has 0 N–H and O–H groups in total. The number of hydrogen-bond donors (Lipinski definition) is 0. The highest BCUT2D eigenvalue weighted by Crippen LogP contribution is 2.34. The smallest absolute Gasteiger partial charge is 0.323 e. The van der Waals surface area contributed by atoms with Gasteiger partial charge in [0.25, 0.3) is 0 Å². The van der Waals surface area contributed by atoms with Gasteiger partial charge in [0.15, 0.2) is 5.41 Å². The molecule has 0 radical (unpaired) electrons. The van der Waals surface area contributed by atoms with Crippen molar-refractivity contribution in [2.24, 2.45) is 5.41 Å². The van der Waals surface area contributed by atoms with Gasteiger partial charge in [0, 0.05) is 0 Å². The topological polar surface area (TPSA) is 52.6 Å². The molecule has 0 heterocycles. The maximum Gasteiger partial charge on any atom is 0.323 e. The van der Waals surface area contributed by atoms with Crippen molar-refractivity contribution in [1.82, 2.24) is 0 Å². The second-order valence-corrected chi connectivity index (χ2v) is 6.41. The highest BCUT2D eigenvalue weighted by Gasteiger charge is 2.47. The third-order valence-electron chi connectivity index (χ3n) is 5.14. The van der Waals surface area contributed by atoms with Gasteiger partial charge in [-0.3, -0.25) is 9.59 Å². The van der Waals surface area contributed by atoms with Crippen LogP contribution in [0, 0.1) is 5.41 Å². The van der Waals surface area contributed by atoms with Crippen LogP contribution in [0.1, 0.15) is 78.1 Å². The molecule has 2 rings (SSSR count). The van der Waals surface area contributed by atoms with Gasteiger partial charge in [-0.05, 0) is 64.2 Å². The first-order valence-electron chi connectivity index (χ1n) is 8.54. The number of ether oxygens (including phenoxy) is 2. The quantitative estimate of drug-likeness (QED) is 0.553. The van der Waals surface area contributed by atoms with Gasteiger partial charge >= 0.3 is 11.9 Å². The van der Waals surface area contributed by atoms with Crippen molar-refractivity contribution < 1.29 is 19.1 Å². The average Bonchev–Trinajstić information content (AvgIpc) is 3.14. The number of rotatable bonds is 6. The number of carbonyl (C=O) groups is 2. The zero-order valence-corrected chi connectivity index (χ0v) is 13.4. The molecule has 0 amide bonds. The fourth-order valence-corrected chi connectivity index (χ4v) is 3.45. The zero-order valence-electron chi connectivity index (χ0n) is 13.4. The second kappa shape index (κ2) is 7.28. The van der Waals surface area contributed by atoms with E-state index in [-0.39, 0.29) is 24.1 Å². The number of carbonyl (C=O) groups excluding carboxylic acids is 2. The van der Waals surface area contributed by atoms with E-state index in [2.05, 4.69) is 0 Å². The third kappa shape index (κ3) is 3.58. The monoisotopic (exact) mass is 296 g/mol. The van der Waals surface area contributed by atoms with Crippen LogP contribution >= 0.6 is 0 Å². The van der Waals surface area contributed by atoms with Crippen LogP contribution in [0.2, 0.25) is 0 Å². The van der Waals surface area contributed by atoms with E-state index in [9.17, 15) is 9.59 Å². The summed E-state index contributed by atoms with van der Waals surface area (Å²) in [5.41, 5.74) is -1.11. The van der Waals surface area contributed by atoms with Crippen LogP contribution in [0.25, 0.3) is 0 Å². The minimum atomic E-state index is -1.11. The van der Waals surface area contributed by atoms with Crippen LogP contribution in [-0.4, -0.2) is 24.1 Å². The van der Waals surface area contributed by atoms with Gasteiger partial charge in [0.05, 0.1) is 0 Å². The molecule has 21 heavy (non-hydrogen) atoms. The van der Waals surface area contributed by atoms with Gasteiger partial charge in [-0.15, -0.1) is 0 Å². The Balaban J connectivity index is 2.02. The highest BCUT2D eigenvalue weighted by atomic mass is 16.6. The molecule has 0 aromatic heterocycles. The van der Waals surface area contributed by atoms with Crippen molar-refractivity contribution in [1.29, 1.82) is 0 Å². The largest absolute Gasteiger partial charge is 0.462 e. The summed E-state index contributed by atoms with van der Waals surface area (Å²) < 4.78 is 11.2.